The second-order valence-corrected chi connectivity index (χ2v) is 19.0. The molecule has 0 unspecified atom stereocenters. The molecule has 2 aromatic heterocycles. The largest absolute Gasteiger partial charge is 0.342 e. The van der Waals surface area contributed by atoms with Gasteiger partial charge in [-0.2, -0.15) is 17.2 Å². The number of likely N-dealkylation sites (N-methyl/N-ethyl adjacent to an activating group) is 2. The lowest BCUT2D eigenvalue weighted by atomic mass is 9.91. The first-order chi connectivity index (χ1) is 31.5. The van der Waals surface area contributed by atoms with E-state index < -0.39 is 88.2 Å². The number of carbonyl (C=O) groups is 4. The highest BCUT2D eigenvalue weighted by molar-refractivity contribution is 7.94. The van der Waals surface area contributed by atoms with E-state index >= 15 is 0 Å². The smallest absolute Gasteiger partial charge is 0.327 e. The van der Waals surface area contributed by atoms with Crippen molar-refractivity contribution < 1.29 is 45.2 Å². The quantitative estimate of drug-likeness (QED) is 0.114. The van der Waals surface area contributed by atoms with Crippen LogP contribution in [0, 0.1) is 23.3 Å². The van der Waals surface area contributed by atoms with Gasteiger partial charge in [-0.25, -0.2) is 26.2 Å². The number of fused-ring (bicyclic) bond motifs is 3. The Labute approximate surface area is 383 Å². The number of anilines is 4. The van der Waals surface area contributed by atoms with Crippen LogP contribution in [0.3, 0.4) is 0 Å². The van der Waals surface area contributed by atoms with Gasteiger partial charge in [-0.3, -0.25) is 19.2 Å². The Morgan fingerprint density at radius 2 is 1.12 bits per heavy atom. The van der Waals surface area contributed by atoms with E-state index in [4.69, 9.17) is 0 Å². The van der Waals surface area contributed by atoms with E-state index in [1.54, 1.807) is 48.8 Å². The van der Waals surface area contributed by atoms with Crippen LogP contribution in [0.5, 0.6) is 0 Å². The van der Waals surface area contributed by atoms with Crippen LogP contribution in [-0.2, 0) is 35.8 Å². The maximum absolute atomic E-state index is 14.5. The zero-order valence-electron chi connectivity index (χ0n) is 35.1. The number of amides is 4. The Kier molecular flexibility index (Phi) is 12.8. The summed E-state index contributed by atoms with van der Waals surface area (Å²) in [6.07, 6.45) is 2.87. The summed E-state index contributed by atoms with van der Waals surface area (Å²) in [5.74, 6) is -8.02. The minimum atomic E-state index is -4.75. The van der Waals surface area contributed by atoms with Gasteiger partial charge >= 0.3 is 10.2 Å². The molecule has 4 amide bonds. The van der Waals surface area contributed by atoms with Crippen molar-refractivity contribution in [1.82, 2.24) is 19.4 Å². The van der Waals surface area contributed by atoms with Crippen LogP contribution in [-0.4, -0.2) is 80.1 Å². The Hall–Kier alpha value is -6.97. The minimum absolute atomic E-state index is 0.000373. The number of hydrogen-bond donors (Lipinski definition) is 2. The number of benzene rings is 5. The lowest BCUT2D eigenvalue weighted by Crippen LogP contribution is -2.54. The number of hydrogen-bond acceptors (Lipinski definition) is 10. The van der Waals surface area contributed by atoms with Gasteiger partial charge in [-0.15, -0.1) is 0 Å². The van der Waals surface area contributed by atoms with Gasteiger partial charge in [0.2, 0.25) is 23.6 Å². The van der Waals surface area contributed by atoms with E-state index in [1.807, 2.05) is 0 Å². The number of para-hydroxylation sites is 2. The fourth-order valence-electron chi connectivity index (χ4n) is 7.74. The van der Waals surface area contributed by atoms with Crippen molar-refractivity contribution in [2.45, 2.75) is 31.3 Å². The second kappa shape index (κ2) is 18.5. The van der Waals surface area contributed by atoms with Crippen molar-refractivity contribution in [2.24, 2.45) is 0 Å². The maximum Gasteiger partial charge on any atom is 0.327 e. The predicted molar refractivity (Wildman–Crippen MR) is 245 cm³/mol. The topological polar surface area (TPSA) is 165 Å². The van der Waals surface area contributed by atoms with Gasteiger partial charge in [0.25, 0.3) is 0 Å². The first-order valence-electron chi connectivity index (χ1n) is 20.1. The summed E-state index contributed by atoms with van der Waals surface area (Å²) >= 11 is 2.51. The number of carbonyl (C=O) groups excluding carboxylic acids is 4. The number of rotatable bonds is 14. The fourth-order valence-corrected chi connectivity index (χ4v) is 10.6. The second-order valence-electron chi connectivity index (χ2n) is 15.5. The summed E-state index contributed by atoms with van der Waals surface area (Å²) in [7, 11) is -1.84. The molecule has 3 heterocycles. The first-order valence-corrected chi connectivity index (χ1v) is 23.0. The molecule has 0 aliphatic carbocycles. The highest BCUT2D eigenvalue weighted by atomic mass is 32.2. The lowest BCUT2D eigenvalue weighted by molar-refractivity contribution is -0.127. The van der Waals surface area contributed by atoms with Crippen LogP contribution >= 0.6 is 23.1 Å². The molecule has 7 aromatic rings. The Morgan fingerprint density at radius 1 is 0.652 bits per heavy atom. The normalized spacial score (nSPS) is 14.4. The molecule has 0 saturated heterocycles. The summed E-state index contributed by atoms with van der Waals surface area (Å²) in [5, 5.41) is 6.65. The van der Waals surface area contributed by atoms with E-state index in [2.05, 4.69) is 19.4 Å². The molecule has 21 heteroatoms. The van der Waals surface area contributed by atoms with Gasteiger partial charge in [0.05, 0.1) is 20.8 Å². The van der Waals surface area contributed by atoms with Crippen molar-refractivity contribution in [3.05, 3.63) is 144 Å². The summed E-state index contributed by atoms with van der Waals surface area (Å²) in [5.41, 5.74) is 0.922. The summed E-state index contributed by atoms with van der Waals surface area (Å²) in [6, 6.07) is 18.6. The number of nitrogens with zero attached hydrogens (tertiary/aromatic N) is 6. The zero-order valence-corrected chi connectivity index (χ0v) is 37.6. The molecule has 2 N–H and O–H groups in total. The molecule has 66 heavy (non-hydrogen) atoms. The molecule has 0 spiro atoms. The first kappa shape index (κ1) is 45.6. The van der Waals surface area contributed by atoms with Crippen molar-refractivity contribution in [3.8, 4) is 0 Å². The summed E-state index contributed by atoms with van der Waals surface area (Å²) in [4.78, 5) is 58.9. The van der Waals surface area contributed by atoms with E-state index in [9.17, 15) is 45.2 Å². The monoisotopic (exact) mass is 958 g/mol. The van der Waals surface area contributed by atoms with Gasteiger partial charge < -0.3 is 20.4 Å². The minimum Gasteiger partial charge on any atom is -0.342 e. The third kappa shape index (κ3) is 9.40. The molecule has 1 aliphatic heterocycles. The Bertz CT molecular complexity index is 3110. The predicted octanol–water partition coefficient (Wildman–Crippen LogP) is 6.68. The van der Waals surface area contributed by atoms with Crippen molar-refractivity contribution in [3.63, 3.8) is 0 Å². The van der Waals surface area contributed by atoms with Gasteiger partial charge in [0.1, 0.15) is 48.4 Å². The summed E-state index contributed by atoms with van der Waals surface area (Å²) < 4.78 is 97.9. The van der Waals surface area contributed by atoms with Crippen molar-refractivity contribution in [1.29, 1.82) is 0 Å². The lowest BCUT2D eigenvalue weighted by Gasteiger charge is -2.30. The number of nitrogens with one attached hydrogen (secondary N) is 2. The van der Waals surface area contributed by atoms with E-state index in [0.29, 0.717) is 23.5 Å². The molecule has 0 radical (unpaired) electrons. The molecular weight excluding hydrogens is 921 g/mol. The van der Waals surface area contributed by atoms with Gasteiger partial charge in [0, 0.05) is 73.1 Å². The molecule has 0 saturated carbocycles. The van der Waals surface area contributed by atoms with Crippen LogP contribution in [0.4, 0.5) is 40.3 Å². The van der Waals surface area contributed by atoms with Crippen LogP contribution in [0.1, 0.15) is 24.0 Å². The highest BCUT2D eigenvalue weighted by Gasteiger charge is 2.43. The molecule has 14 nitrogen and oxygen atoms in total. The molecular formula is C45H38F4N8O6S3. The van der Waals surface area contributed by atoms with Crippen molar-refractivity contribution >= 4 is 99.8 Å². The van der Waals surface area contributed by atoms with E-state index in [1.165, 1.54) is 78.1 Å². The zero-order chi connectivity index (χ0) is 47.0. The molecule has 0 fully saturated rings. The van der Waals surface area contributed by atoms with Gasteiger partial charge in [0.15, 0.2) is 0 Å². The van der Waals surface area contributed by atoms with Crippen LogP contribution < -0.4 is 29.0 Å². The molecule has 8 rings (SSSR count). The molecule has 1 aliphatic rings. The molecule has 5 aromatic carbocycles. The van der Waals surface area contributed by atoms with E-state index in [0.717, 1.165) is 53.0 Å². The average molecular weight is 959 g/mol. The molecule has 340 valence electrons. The Morgan fingerprint density at radius 3 is 1.64 bits per heavy atom. The van der Waals surface area contributed by atoms with Crippen LogP contribution in [0.15, 0.2) is 109 Å². The SMILES string of the molecule is C[C@H](c1cc(F)cc(F)c1)[C@H](NC(=O)CN1c2ccccc2N(CC(=O)N[C@@H](Cc2cc(F)cc(F)c2)C(=O)N(C)c2ccc3sncc3c2)S1(=O)=O)C(=O)N(C)c1ccc2sncc2c1. The third-order valence-electron chi connectivity index (χ3n) is 11.1. The van der Waals surface area contributed by atoms with Gasteiger partial charge in [-0.1, -0.05) is 19.1 Å². The molecule has 3 atom stereocenters. The third-order valence-corrected chi connectivity index (χ3v) is 14.5. The fraction of sp³-hybridized carbons (Fsp3) is 0.200. The van der Waals surface area contributed by atoms with Crippen LogP contribution in [0.2, 0.25) is 0 Å². The van der Waals surface area contributed by atoms with Gasteiger partial charge in [-0.05, 0) is 107 Å². The standard InChI is InChI=1S/C45H38F4N8O6S3/c1-25(27-15-32(48)20-33(49)16-27)43(45(61)55(3)35-9-11-40-29(18-35)22-51-65-40)53-42(59)24-57-38-7-5-4-6-37(38)56(66(57,62)63)23-41(58)52-36(14-26-12-30(46)19-31(47)13-26)44(60)54(2)34-8-10-39-28(17-34)21-50-64-39/h4-13,15-22,25,36,43H,14,23-24H2,1-3H3,(H,52,58)(H,53,59)/t25-,36+,43+/m1/s1. The highest BCUT2D eigenvalue weighted by Crippen LogP contribution is 2.40. The number of halogens is 4. The maximum atomic E-state index is 14.5. The van der Waals surface area contributed by atoms with E-state index in [-0.39, 0.29) is 28.9 Å². The van der Waals surface area contributed by atoms with Crippen LogP contribution in [0.25, 0.3) is 20.2 Å². The summed E-state index contributed by atoms with van der Waals surface area (Å²) in [6.45, 7) is -0.310. The Balaban J connectivity index is 1.04. The molecule has 0 bridgehead atoms. The number of aromatic nitrogens is 2. The average Bonchev–Trinajstić information content (AvgIpc) is 4.00. The van der Waals surface area contributed by atoms with Crippen molar-refractivity contribution in [2.75, 3.05) is 45.6 Å².